The second kappa shape index (κ2) is 3.61. The highest BCUT2D eigenvalue weighted by Crippen LogP contribution is 2.42. The van der Waals surface area contributed by atoms with Crippen LogP contribution >= 0.6 is 15.9 Å². The fourth-order valence-electron chi connectivity index (χ4n) is 1.59. The number of hydrogen-bond donors (Lipinski definition) is 0. The van der Waals surface area contributed by atoms with E-state index < -0.39 is 0 Å². The highest BCUT2D eigenvalue weighted by molar-refractivity contribution is 9.10. The van der Waals surface area contributed by atoms with Crippen molar-refractivity contribution in [3.8, 4) is 11.5 Å². The highest BCUT2D eigenvalue weighted by atomic mass is 79.9. The summed E-state index contributed by atoms with van der Waals surface area (Å²) in [5.74, 6) is 1.34. The molecule has 1 aromatic rings. The van der Waals surface area contributed by atoms with Crippen LogP contribution in [-0.2, 0) is 6.42 Å². The summed E-state index contributed by atoms with van der Waals surface area (Å²) in [5.41, 5.74) is 1.61. The Hall–Kier alpha value is -1.03. The van der Waals surface area contributed by atoms with Crippen molar-refractivity contribution in [1.82, 2.24) is 0 Å². The molecule has 0 saturated heterocycles. The summed E-state index contributed by atoms with van der Waals surface area (Å²) in [7, 11) is 1.54. The van der Waals surface area contributed by atoms with E-state index in [0.29, 0.717) is 17.9 Å². The predicted octanol–water partition coefficient (Wildman–Crippen LogP) is 2.21. The Balaban J connectivity index is 2.65. The van der Waals surface area contributed by atoms with E-state index in [2.05, 4.69) is 15.9 Å². The molecule has 0 bridgehead atoms. The quantitative estimate of drug-likeness (QED) is 0.762. The van der Waals surface area contributed by atoms with Crippen molar-refractivity contribution in [2.75, 3.05) is 13.7 Å². The number of methoxy groups -OCH3 is 1. The zero-order valence-corrected chi connectivity index (χ0v) is 9.26. The number of benzene rings is 1. The summed E-state index contributed by atoms with van der Waals surface area (Å²) in [5, 5.41) is 0. The molecule has 0 aliphatic carbocycles. The summed E-state index contributed by atoms with van der Waals surface area (Å²) >= 11 is 3.38. The smallest absolute Gasteiger partial charge is 0.153 e. The number of hydrogen-bond acceptors (Lipinski definition) is 3. The monoisotopic (exact) mass is 256 g/mol. The lowest BCUT2D eigenvalue weighted by molar-refractivity contribution is 0.112. The van der Waals surface area contributed by atoms with Crippen LogP contribution in [0.25, 0.3) is 0 Å². The van der Waals surface area contributed by atoms with Gasteiger partial charge in [0.05, 0.1) is 19.3 Å². The molecule has 0 N–H and O–H groups in total. The van der Waals surface area contributed by atoms with Crippen molar-refractivity contribution >= 4 is 22.2 Å². The summed E-state index contributed by atoms with van der Waals surface area (Å²) in [6.07, 6.45) is 1.64. The molecule has 1 aromatic carbocycles. The number of halogens is 1. The molecule has 3 nitrogen and oxygen atoms in total. The Kier molecular flexibility index (Phi) is 2.46. The van der Waals surface area contributed by atoms with Gasteiger partial charge < -0.3 is 9.47 Å². The summed E-state index contributed by atoms with van der Waals surface area (Å²) in [6.45, 7) is 0.666. The average Bonchev–Trinajstić information content (AvgIpc) is 2.65. The van der Waals surface area contributed by atoms with E-state index in [1.165, 1.54) is 7.11 Å². The van der Waals surface area contributed by atoms with Crippen LogP contribution in [0.5, 0.6) is 11.5 Å². The maximum absolute atomic E-state index is 10.8. The van der Waals surface area contributed by atoms with Crippen LogP contribution in [0.2, 0.25) is 0 Å². The zero-order chi connectivity index (χ0) is 10.1. The molecule has 2 rings (SSSR count). The van der Waals surface area contributed by atoms with E-state index in [9.17, 15) is 4.79 Å². The van der Waals surface area contributed by atoms with Crippen LogP contribution in [0.15, 0.2) is 10.5 Å². The van der Waals surface area contributed by atoms with Crippen LogP contribution in [0.1, 0.15) is 15.9 Å². The maximum Gasteiger partial charge on any atom is 0.153 e. The Morgan fingerprint density at radius 2 is 2.43 bits per heavy atom. The minimum atomic E-state index is 0.542. The number of fused-ring (bicyclic) bond motifs is 1. The zero-order valence-electron chi connectivity index (χ0n) is 7.67. The molecule has 0 saturated carbocycles. The topological polar surface area (TPSA) is 35.5 Å². The molecule has 0 aromatic heterocycles. The molecule has 0 radical (unpaired) electrons. The Morgan fingerprint density at radius 3 is 3.07 bits per heavy atom. The lowest BCUT2D eigenvalue weighted by Gasteiger charge is -2.09. The summed E-state index contributed by atoms with van der Waals surface area (Å²) in [4.78, 5) is 10.8. The first-order chi connectivity index (χ1) is 6.77. The first-order valence-electron chi connectivity index (χ1n) is 4.25. The minimum absolute atomic E-state index is 0.542. The van der Waals surface area contributed by atoms with E-state index >= 15 is 0 Å². The van der Waals surface area contributed by atoms with E-state index in [0.717, 1.165) is 28.5 Å². The lowest BCUT2D eigenvalue weighted by atomic mass is 10.1. The van der Waals surface area contributed by atoms with Gasteiger partial charge in [-0.2, -0.15) is 0 Å². The van der Waals surface area contributed by atoms with Crippen molar-refractivity contribution in [2.45, 2.75) is 6.42 Å². The van der Waals surface area contributed by atoms with Gasteiger partial charge in [-0.3, -0.25) is 4.79 Å². The Bertz CT molecular complexity index is 387. The fourth-order valence-corrected chi connectivity index (χ4v) is 2.35. The third-order valence-corrected chi connectivity index (χ3v) is 2.95. The fraction of sp³-hybridized carbons (Fsp3) is 0.300. The van der Waals surface area contributed by atoms with Crippen molar-refractivity contribution in [3.63, 3.8) is 0 Å². The van der Waals surface area contributed by atoms with E-state index in [-0.39, 0.29) is 0 Å². The minimum Gasteiger partial charge on any atom is -0.495 e. The van der Waals surface area contributed by atoms with E-state index in [1.54, 1.807) is 0 Å². The van der Waals surface area contributed by atoms with Crippen molar-refractivity contribution in [2.24, 2.45) is 0 Å². The maximum atomic E-state index is 10.8. The number of carbonyl (C=O) groups excluding carboxylic acids is 1. The molecule has 0 spiro atoms. The molecule has 1 heterocycles. The first-order valence-corrected chi connectivity index (χ1v) is 5.04. The average molecular weight is 257 g/mol. The van der Waals surface area contributed by atoms with Gasteiger partial charge in [0.1, 0.15) is 16.0 Å². The molecule has 0 atom stereocenters. The van der Waals surface area contributed by atoms with Gasteiger partial charge in [-0.05, 0) is 27.6 Å². The second-order valence-electron chi connectivity index (χ2n) is 3.02. The molecule has 4 heteroatoms. The molecule has 1 aliphatic rings. The number of ether oxygens (including phenoxy) is 2. The van der Waals surface area contributed by atoms with Gasteiger partial charge in [0.15, 0.2) is 6.29 Å². The van der Waals surface area contributed by atoms with Crippen molar-refractivity contribution in [1.29, 1.82) is 0 Å². The largest absolute Gasteiger partial charge is 0.495 e. The van der Waals surface area contributed by atoms with Gasteiger partial charge in [0.2, 0.25) is 0 Å². The molecule has 0 fully saturated rings. The van der Waals surface area contributed by atoms with Gasteiger partial charge in [-0.25, -0.2) is 0 Å². The first kappa shape index (κ1) is 9.52. The second-order valence-corrected chi connectivity index (χ2v) is 3.81. The van der Waals surface area contributed by atoms with E-state index in [4.69, 9.17) is 9.47 Å². The molecule has 1 aliphatic heterocycles. The number of carbonyl (C=O) groups is 1. The molecular weight excluding hydrogens is 248 g/mol. The molecule has 0 unspecified atom stereocenters. The Labute approximate surface area is 90.1 Å². The van der Waals surface area contributed by atoms with Gasteiger partial charge in [0.25, 0.3) is 0 Å². The third kappa shape index (κ3) is 1.30. The molecule has 74 valence electrons. The van der Waals surface area contributed by atoms with Gasteiger partial charge >= 0.3 is 0 Å². The molecule has 0 amide bonds. The highest BCUT2D eigenvalue weighted by Gasteiger charge is 2.21. The number of rotatable bonds is 2. The third-order valence-electron chi connectivity index (χ3n) is 2.23. The summed E-state index contributed by atoms with van der Waals surface area (Å²) in [6, 6.07) is 1.82. The van der Waals surface area contributed by atoms with Crippen LogP contribution in [-0.4, -0.2) is 20.0 Å². The van der Waals surface area contributed by atoms with Crippen LogP contribution < -0.4 is 9.47 Å². The SMILES string of the molecule is COc1c(C=O)cc2c(c1Br)OCC2. The van der Waals surface area contributed by atoms with Gasteiger partial charge in [-0.15, -0.1) is 0 Å². The lowest BCUT2D eigenvalue weighted by Crippen LogP contribution is -1.94. The van der Waals surface area contributed by atoms with Crippen LogP contribution in [0.3, 0.4) is 0 Å². The van der Waals surface area contributed by atoms with Crippen LogP contribution in [0, 0.1) is 0 Å². The van der Waals surface area contributed by atoms with Crippen molar-refractivity contribution < 1.29 is 14.3 Å². The predicted molar refractivity (Wildman–Crippen MR) is 55.3 cm³/mol. The molecular formula is C10H9BrO3. The normalized spacial score (nSPS) is 13.3. The van der Waals surface area contributed by atoms with Crippen molar-refractivity contribution in [3.05, 3.63) is 21.7 Å². The Morgan fingerprint density at radius 1 is 1.64 bits per heavy atom. The van der Waals surface area contributed by atoms with Gasteiger partial charge in [0, 0.05) is 6.42 Å². The van der Waals surface area contributed by atoms with E-state index in [1.807, 2.05) is 6.07 Å². The standard InChI is InChI=1S/C10H9BrO3/c1-13-9-7(5-12)4-6-2-3-14-10(6)8(9)11/h4-5H,2-3H2,1H3. The van der Waals surface area contributed by atoms with Gasteiger partial charge in [-0.1, -0.05) is 0 Å². The number of aldehydes is 1. The molecule has 14 heavy (non-hydrogen) atoms. The van der Waals surface area contributed by atoms with Crippen LogP contribution in [0.4, 0.5) is 0 Å². The summed E-state index contributed by atoms with van der Waals surface area (Å²) < 4.78 is 11.3.